The third-order valence-electron chi connectivity index (χ3n) is 20.4. The van der Waals surface area contributed by atoms with Gasteiger partial charge in [0.25, 0.3) is 0 Å². The van der Waals surface area contributed by atoms with Crippen molar-refractivity contribution in [3.8, 4) is 0 Å². The van der Waals surface area contributed by atoms with E-state index >= 15 is 0 Å². The summed E-state index contributed by atoms with van der Waals surface area (Å²) in [5.74, 6) is -6.72. The van der Waals surface area contributed by atoms with Crippen LogP contribution in [0.25, 0.3) is 0 Å². The maximum atomic E-state index is 12.1. The summed E-state index contributed by atoms with van der Waals surface area (Å²) in [6, 6.07) is 0. The van der Waals surface area contributed by atoms with Crippen molar-refractivity contribution in [2.75, 3.05) is 79.3 Å². The van der Waals surface area contributed by atoms with Gasteiger partial charge in [0.2, 0.25) is 0 Å². The van der Waals surface area contributed by atoms with Crippen LogP contribution in [-0.2, 0) is 225 Å². The van der Waals surface area contributed by atoms with Crippen LogP contribution < -0.4 is 0 Å². The maximum absolute atomic E-state index is 12.1. The largest absolute Gasteiger partial charge is 0.397 e. The minimum Gasteiger partial charge on any atom is -0.388 e. The van der Waals surface area contributed by atoms with Gasteiger partial charge in [0, 0.05) is 35.5 Å². The second kappa shape index (κ2) is 67.1. The predicted octanol–water partition coefficient (Wildman–Crippen LogP) is 3.58. The zero-order chi connectivity index (χ0) is 95.2. The van der Waals surface area contributed by atoms with E-state index in [0.717, 1.165) is 0 Å². The Bertz CT molecular complexity index is 3000. The van der Waals surface area contributed by atoms with Crippen LogP contribution in [-0.4, -0.2) is 348 Å². The molecule has 0 radical (unpaired) electrons. The highest BCUT2D eigenvalue weighted by Crippen LogP contribution is 2.45. The first-order valence-corrected chi connectivity index (χ1v) is 45.8. The molecule has 0 aliphatic carbocycles. The topological polar surface area (TPSA) is 792 Å². The van der Waals surface area contributed by atoms with Gasteiger partial charge in [-0.25, -0.2) is 62.0 Å². The summed E-state index contributed by atoms with van der Waals surface area (Å²) in [7, 11) is -5.35. The van der Waals surface area contributed by atoms with Crippen LogP contribution in [0.15, 0.2) is 0 Å². The van der Waals surface area contributed by atoms with Crippen molar-refractivity contribution >= 4 is 146 Å². The average Bonchev–Trinajstić information content (AvgIpc) is 0.723. The van der Waals surface area contributed by atoms with Crippen molar-refractivity contribution in [1.82, 2.24) is 0 Å². The van der Waals surface area contributed by atoms with Gasteiger partial charge in [0.1, 0.15) is 116 Å². The van der Waals surface area contributed by atoms with E-state index in [1.807, 2.05) is 0 Å². The first kappa shape index (κ1) is 119. The molecule has 0 aromatic rings. The molecule has 7 aliphatic rings. The number of aliphatic hydroxyl groups is 4. The molecule has 0 bridgehead atoms. The van der Waals surface area contributed by atoms with Crippen LogP contribution in [0.5, 0.6) is 0 Å². The summed E-state index contributed by atoms with van der Waals surface area (Å²) < 4.78 is 235. The summed E-state index contributed by atoms with van der Waals surface area (Å²) in [6.45, 7) is 4.38. The Balaban J connectivity index is 1.28. The highest BCUT2D eigenvalue weighted by Gasteiger charge is 2.56. The highest BCUT2D eigenvalue weighted by molar-refractivity contribution is 7.91. The van der Waals surface area contributed by atoms with E-state index in [4.69, 9.17) is 154 Å². The predicted molar refractivity (Wildman–Crippen MR) is 413 cm³/mol. The lowest BCUT2D eigenvalue weighted by atomic mass is 9.79. The fourth-order valence-electron chi connectivity index (χ4n) is 14.9. The molecular weight excluding hydrogens is 2070 g/mol. The van der Waals surface area contributed by atoms with Gasteiger partial charge in [0.15, 0.2) is 142 Å². The fourth-order valence-corrected chi connectivity index (χ4v) is 20.0. The molecule has 7 saturated heterocycles. The van der Waals surface area contributed by atoms with Crippen LogP contribution in [0.4, 0.5) is 0 Å². The molecule has 0 aromatic heterocycles. The SMILES string of the molecule is CC1O[C@@H](COCC2[C@H](COCC3[C@H](COC[C@@H]4C(OSOOO)C(O)OC(C)[C@H]4OSOOO)OC(C)[C@@H](OSOOO)[C@@H]3COC[C@@H]3OC(C)[C@H](OSOOO)[C@H](OSOOO)C3OSOOO)OC(C)[C@@H](OSOOO)[C@@H]2COC[C@@H]2OC(C)[C@@H](OSOOO)[C@H](COC[C@@H]3OC(C)[C@H](OSOOO)[C@H](O)C3OSOOO)C2OSOOO)C(O)[C@@H](OS(=O)(=O)O)[C@@H]1O. The molecule has 0 aromatic carbocycles. The first-order chi connectivity index (χ1) is 63.3. The third-order valence-corrected chi connectivity index (χ3v) is 25.4. The van der Waals surface area contributed by atoms with Crippen molar-refractivity contribution in [3.05, 3.63) is 0 Å². The van der Waals surface area contributed by atoms with Gasteiger partial charge in [-0.2, -0.15) is 8.42 Å². The summed E-state index contributed by atoms with van der Waals surface area (Å²) in [4.78, 5) is 0. The zero-order valence-electron chi connectivity index (χ0n) is 67.8. The Hall–Kier alpha value is 1.28. The number of rotatable bonds is 70. The van der Waals surface area contributed by atoms with Gasteiger partial charge < -0.3 is 82.0 Å². The zero-order valence-corrected chi connectivity index (χ0v) is 77.5. The van der Waals surface area contributed by atoms with Crippen molar-refractivity contribution in [2.45, 2.75) is 226 Å². The minimum atomic E-state index is -5.35. The molecule has 0 spiro atoms. The molecule has 7 heterocycles. The van der Waals surface area contributed by atoms with Gasteiger partial charge in [0.05, 0.1) is 134 Å². The lowest BCUT2D eigenvalue weighted by Gasteiger charge is -2.47. The average molecular weight is 2170 g/mol. The maximum Gasteiger partial charge on any atom is 0.397 e. The Morgan fingerprint density at radius 2 is 0.466 bits per heavy atom. The normalized spacial score (nSPS) is 36.8. The number of aliphatic hydroxyl groups excluding tert-OH is 4. The third kappa shape index (κ3) is 39.0. The van der Waals surface area contributed by atoms with Crippen LogP contribution >= 0.6 is 136 Å². The summed E-state index contributed by atoms with van der Waals surface area (Å²) in [5, 5.41) is 186. The van der Waals surface area contributed by atoms with Crippen LogP contribution in [0.1, 0.15) is 48.5 Å². The van der Waals surface area contributed by atoms with Crippen LogP contribution in [0, 0.1) is 35.5 Å². The molecule has 131 heavy (non-hydrogen) atoms. The van der Waals surface area contributed by atoms with Crippen molar-refractivity contribution < 1.29 is 306 Å². The molecule has 0 saturated carbocycles. The molecular formula is C54H96O65S12. The smallest absolute Gasteiger partial charge is 0.388 e. The van der Waals surface area contributed by atoms with Gasteiger partial charge in [-0.1, -0.05) is 55.4 Å². The lowest BCUT2D eigenvalue weighted by Crippen LogP contribution is -2.60. The number of hydrogen-bond acceptors (Lipinski definition) is 75. The van der Waals surface area contributed by atoms with Crippen molar-refractivity contribution in [3.63, 3.8) is 0 Å². The number of ether oxygens (including phenoxy) is 13. The second-order valence-corrected chi connectivity index (χ2v) is 33.8. The molecule has 65 nitrogen and oxygen atoms in total. The summed E-state index contributed by atoms with van der Waals surface area (Å²) in [5.41, 5.74) is 0. The Morgan fingerprint density at radius 3 is 0.847 bits per heavy atom. The van der Waals surface area contributed by atoms with E-state index in [9.17, 15) is 49.2 Å². The molecule has 774 valence electrons. The molecule has 15 unspecified atom stereocenters. The van der Waals surface area contributed by atoms with E-state index < -0.39 is 302 Å². The van der Waals surface area contributed by atoms with Gasteiger partial charge in [-0.15, -0.1) is 47.7 Å². The lowest BCUT2D eigenvalue weighted by molar-refractivity contribution is -0.436. The monoisotopic (exact) mass is 2170 g/mol. The standard InChI is InChI=1S/C54H96O65S12/c1-20-39(55)52(97-131(70,71)72)40(56)35(79-20)16-74-9-28-29(10-75-17-36-48(92-126-115-104-65)31(44(23(4)82-36)88-122-111-100-61)12-78-18-37-50(94-128-117-106-67)41(57)46(25(6)83-37)90-124-113-102-63)42(86-120-109-98-59)21(2)80-33(28)14-73-8-27-30(11-76-19-38-51(95-129-118-107-68)53(96-130-119-108-69)47(26(7)84-38)91-125-114-103-64)43(87-121-110-99-60)22(3)81-34(27)15-77-13-32-45(89-123-112-101-62)24(5)85-54(58)49(32)93-127-116-105-66/h20-69H,8-19H2,1-7H3,(H,70,71,72)/t20?,21?,22?,23?,24?,25?,26?,27?,28?,29-,30-,31+,32+,33+,34+,35+,36+,37+,38+,39-,40?,41+,42-,43-,44-,45-,46+,47+,48?,49?,50?,51?,52+,53+,54?/m1/s1. The molecule has 77 heteroatoms. The molecule has 16 N–H and O–H groups in total. The Kier molecular flexibility index (Phi) is 61.0. The van der Waals surface area contributed by atoms with E-state index in [-0.39, 0.29) is 136 Å². The summed E-state index contributed by atoms with van der Waals surface area (Å²) in [6.07, 6.45) is -39.5. The highest BCUT2D eigenvalue weighted by atomic mass is 32.3. The molecule has 7 fully saturated rings. The minimum absolute atomic E-state index is 0.0445. The molecule has 35 atom stereocenters. The summed E-state index contributed by atoms with van der Waals surface area (Å²) >= 11 is 0.995. The second-order valence-electron chi connectivity index (χ2n) is 27.7. The van der Waals surface area contributed by atoms with Gasteiger partial charge >= 0.3 is 10.4 Å². The van der Waals surface area contributed by atoms with Crippen LogP contribution in [0.2, 0.25) is 0 Å². The quantitative estimate of drug-likeness (QED) is 0.0136. The molecule has 7 aliphatic heterocycles. The van der Waals surface area contributed by atoms with Gasteiger partial charge in [-0.3, -0.25) is 50.6 Å². The Labute approximate surface area is 788 Å². The van der Waals surface area contributed by atoms with Crippen LogP contribution in [0.3, 0.4) is 0 Å². The first-order valence-electron chi connectivity index (χ1n) is 37.1. The van der Waals surface area contributed by atoms with E-state index in [1.54, 1.807) is 6.92 Å². The Morgan fingerprint density at radius 1 is 0.221 bits per heavy atom. The fraction of sp³-hybridized carbons (Fsp3) is 1.00. The van der Waals surface area contributed by atoms with Crippen molar-refractivity contribution in [1.29, 1.82) is 0 Å². The molecule has 0 amide bonds. The van der Waals surface area contributed by atoms with E-state index in [0.29, 0.717) is 0 Å². The van der Waals surface area contributed by atoms with E-state index in [1.165, 1.54) is 41.5 Å². The van der Waals surface area contributed by atoms with E-state index in [2.05, 4.69) is 103 Å². The number of hydrogen-bond donors (Lipinski definition) is 16. The molecule has 7 rings (SSSR count). The van der Waals surface area contributed by atoms with Crippen molar-refractivity contribution in [2.24, 2.45) is 35.5 Å². The van der Waals surface area contributed by atoms with Gasteiger partial charge in [-0.05, 0) is 48.5 Å².